The second kappa shape index (κ2) is 6.78. The van der Waals surface area contributed by atoms with E-state index in [4.69, 9.17) is 5.73 Å². The fraction of sp³-hybridized carbons (Fsp3) is 0.300. The van der Waals surface area contributed by atoms with Gasteiger partial charge >= 0.3 is 0 Å². The lowest BCUT2D eigenvalue weighted by Crippen LogP contribution is -2.09. The molecule has 2 N–H and O–H groups in total. The van der Waals surface area contributed by atoms with Crippen molar-refractivity contribution in [2.75, 3.05) is 0 Å². The van der Waals surface area contributed by atoms with Crippen LogP contribution in [0.3, 0.4) is 0 Å². The fourth-order valence-electron chi connectivity index (χ4n) is 3.17. The van der Waals surface area contributed by atoms with E-state index in [1.54, 1.807) is 0 Å². The molecular weight excluding hydrogens is 286 g/mol. The first kappa shape index (κ1) is 15.5. The molecule has 2 aromatic carbocycles. The summed E-state index contributed by atoms with van der Waals surface area (Å²) in [6, 6.07) is 14.6. The number of fused-ring (bicyclic) bond motifs is 1. The molecule has 118 valence electrons. The molecule has 0 heterocycles. The highest BCUT2D eigenvalue weighted by Crippen LogP contribution is 2.28. The van der Waals surface area contributed by atoms with E-state index in [2.05, 4.69) is 30.3 Å². The van der Waals surface area contributed by atoms with Crippen LogP contribution in [0.2, 0.25) is 0 Å². The molecule has 3 nitrogen and oxygen atoms in total. The quantitative estimate of drug-likeness (QED) is 0.828. The second-order valence-electron chi connectivity index (χ2n) is 6.17. The van der Waals surface area contributed by atoms with Crippen LogP contribution in [0.4, 0.5) is 0 Å². The van der Waals surface area contributed by atoms with Crippen molar-refractivity contribution in [1.29, 1.82) is 0 Å². The van der Waals surface area contributed by atoms with Gasteiger partial charge in [-0.25, -0.2) is 0 Å². The molecule has 2 aromatic rings. The van der Waals surface area contributed by atoms with Crippen LogP contribution in [0, 0.1) is 0 Å². The first-order valence-corrected chi connectivity index (χ1v) is 8.17. The van der Waals surface area contributed by atoms with E-state index in [0.29, 0.717) is 12.8 Å². The Bertz CT molecular complexity index is 749. The number of Topliss-reactive ketones (excluding diaryl/α,β-unsaturated/α-hetero) is 1. The van der Waals surface area contributed by atoms with E-state index in [0.717, 1.165) is 36.8 Å². The zero-order valence-electron chi connectivity index (χ0n) is 13.2. The molecular formula is C20H21NO2. The molecule has 1 amide bonds. The van der Waals surface area contributed by atoms with Crippen molar-refractivity contribution in [3.63, 3.8) is 0 Å². The van der Waals surface area contributed by atoms with Gasteiger partial charge in [-0.2, -0.15) is 0 Å². The smallest absolute Gasteiger partial charge is 0.217 e. The van der Waals surface area contributed by atoms with E-state index in [1.165, 1.54) is 16.7 Å². The van der Waals surface area contributed by atoms with Crippen molar-refractivity contribution in [2.24, 2.45) is 5.73 Å². The highest BCUT2D eigenvalue weighted by Gasteiger charge is 2.19. The molecule has 3 rings (SSSR count). The zero-order valence-corrected chi connectivity index (χ0v) is 13.2. The van der Waals surface area contributed by atoms with Crippen LogP contribution in [0.15, 0.2) is 42.5 Å². The SMILES string of the molecule is NC(=O)CCCCc1cccc(-c2ccc3c(c2)CCC3=O)c1. The van der Waals surface area contributed by atoms with E-state index >= 15 is 0 Å². The van der Waals surface area contributed by atoms with Gasteiger partial charge in [0.1, 0.15) is 0 Å². The van der Waals surface area contributed by atoms with Crippen molar-refractivity contribution in [2.45, 2.75) is 38.5 Å². The molecule has 3 heteroatoms. The number of primary amides is 1. The number of carbonyl (C=O) groups is 2. The van der Waals surface area contributed by atoms with Crippen LogP contribution < -0.4 is 5.73 Å². The van der Waals surface area contributed by atoms with Crippen LogP contribution in [-0.2, 0) is 17.6 Å². The van der Waals surface area contributed by atoms with Crippen LogP contribution in [0.1, 0.15) is 47.2 Å². The first-order valence-electron chi connectivity index (χ1n) is 8.17. The lowest BCUT2D eigenvalue weighted by atomic mass is 9.97. The average molecular weight is 307 g/mol. The minimum absolute atomic E-state index is 0.230. The van der Waals surface area contributed by atoms with Gasteiger partial charge in [0, 0.05) is 18.4 Å². The number of hydrogen-bond donors (Lipinski definition) is 1. The largest absolute Gasteiger partial charge is 0.370 e. The number of unbranched alkanes of at least 4 members (excludes halogenated alkanes) is 1. The van der Waals surface area contributed by atoms with E-state index in [9.17, 15) is 9.59 Å². The molecule has 0 aromatic heterocycles. The van der Waals surface area contributed by atoms with Crippen LogP contribution in [0.25, 0.3) is 11.1 Å². The van der Waals surface area contributed by atoms with Crippen molar-refractivity contribution >= 4 is 11.7 Å². The van der Waals surface area contributed by atoms with E-state index < -0.39 is 0 Å². The van der Waals surface area contributed by atoms with Gasteiger partial charge in [-0.15, -0.1) is 0 Å². The Labute approximate surface area is 136 Å². The summed E-state index contributed by atoms with van der Waals surface area (Å²) in [5.41, 5.74) is 10.8. The van der Waals surface area contributed by atoms with Gasteiger partial charge in [0.15, 0.2) is 5.78 Å². The molecule has 0 radical (unpaired) electrons. The van der Waals surface area contributed by atoms with Gasteiger partial charge in [0.05, 0.1) is 0 Å². The summed E-state index contributed by atoms with van der Waals surface area (Å²) >= 11 is 0. The third kappa shape index (κ3) is 3.67. The van der Waals surface area contributed by atoms with Crippen LogP contribution in [-0.4, -0.2) is 11.7 Å². The maximum Gasteiger partial charge on any atom is 0.217 e. The van der Waals surface area contributed by atoms with Gasteiger partial charge in [-0.3, -0.25) is 9.59 Å². The van der Waals surface area contributed by atoms with Gasteiger partial charge < -0.3 is 5.73 Å². The van der Waals surface area contributed by atoms with E-state index in [1.807, 2.05) is 12.1 Å². The Morgan fingerprint density at radius 3 is 2.65 bits per heavy atom. The molecule has 0 unspecified atom stereocenters. The van der Waals surface area contributed by atoms with Crippen LogP contribution >= 0.6 is 0 Å². The second-order valence-corrected chi connectivity index (χ2v) is 6.17. The number of rotatable bonds is 6. The highest BCUT2D eigenvalue weighted by molar-refractivity contribution is 6.00. The molecule has 1 aliphatic carbocycles. The monoisotopic (exact) mass is 307 g/mol. The molecule has 0 spiro atoms. The summed E-state index contributed by atoms with van der Waals surface area (Å²) in [6.45, 7) is 0. The minimum atomic E-state index is -0.230. The number of aryl methyl sites for hydroxylation is 2. The predicted octanol–water partition coefficient (Wildman–Crippen LogP) is 3.68. The third-order valence-corrected chi connectivity index (χ3v) is 4.43. The molecule has 1 aliphatic rings. The molecule has 0 saturated carbocycles. The summed E-state index contributed by atoms with van der Waals surface area (Å²) in [5.74, 6) is 0.0289. The number of hydrogen-bond acceptors (Lipinski definition) is 2. The Morgan fingerprint density at radius 2 is 1.83 bits per heavy atom. The van der Waals surface area contributed by atoms with Crippen molar-refractivity contribution in [3.05, 3.63) is 59.2 Å². The molecule has 0 aliphatic heterocycles. The maximum absolute atomic E-state index is 11.7. The van der Waals surface area contributed by atoms with Gasteiger partial charge in [0.25, 0.3) is 0 Å². The number of amides is 1. The Kier molecular flexibility index (Phi) is 4.56. The summed E-state index contributed by atoms with van der Waals surface area (Å²) in [7, 11) is 0. The Hall–Kier alpha value is -2.42. The molecule has 0 fully saturated rings. The number of ketones is 1. The van der Waals surface area contributed by atoms with Gasteiger partial charge in [-0.05, 0) is 47.9 Å². The van der Waals surface area contributed by atoms with Crippen LogP contribution in [0.5, 0.6) is 0 Å². The fourth-order valence-corrected chi connectivity index (χ4v) is 3.17. The normalized spacial score (nSPS) is 13.1. The van der Waals surface area contributed by atoms with Crippen molar-refractivity contribution in [1.82, 2.24) is 0 Å². The lowest BCUT2D eigenvalue weighted by Gasteiger charge is -2.07. The highest BCUT2D eigenvalue weighted by atomic mass is 16.1. The Balaban J connectivity index is 1.72. The van der Waals surface area contributed by atoms with Crippen molar-refractivity contribution in [3.8, 4) is 11.1 Å². The summed E-state index contributed by atoms with van der Waals surface area (Å²) in [5, 5.41) is 0. The molecule has 0 atom stereocenters. The lowest BCUT2D eigenvalue weighted by molar-refractivity contribution is -0.118. The predicted molar refractivity (Wildman–Crippen MR) is 91.3 cm³/mol. The van der Waals surface area contributed by atoms with Crippen molar-refractivity contribution < 1.29 is 9.59 Å². The topological polar surface area (TPSA) is 60.2 Å². The maximum atomic E-state index is 11.7. The third-order valence-electron chi connectivity index (χ3n) is 4.43. The number of benzene rings is 2. The van der Waals surface area contributed by atoms with Gasteiger partial charge in [0.2, 0.25) is 5.91 Å². The Morgan fingerprint density at radius 1 is 1.00 bits per heavy atom. The zero-order chi connectivity index (χ0) is 16.2. The summed E-state index contributed by atoms with van der Waals surface area (Å²) in [4.78, 5) is 22.5. The summed E-state index contributed by atoms with van der Waals surface area (Å²) in [6.07, 6.45) is 4.70. The standard InChI is InChI=1S/C20H21NO2/c21-20(23)7-2-1-4-14-5-3-6-15(12-14)16-8-10-18-17(13-16)9-11-19(18)22/h3,5-6,8,10,12-13H,1-2,4,7,9,11H2,(H2,21,23). The molecule has 23 heavy (non-hydrogen) atoms. The minimum Gasteiger partial charge on any atom is -0.370 e. The number of carbonyl (C=O) groups excluding carboxylic acids is 2. The first-order chi connectivity index (χ1) is 11.1. The average Bonchev–Trinajstić information content (AvgIpc) is 2.92. The van der Waals surface area contributed by atoms with Gasteiger partial charge in [-0.1, -0.05) is 42.5 Å². The van der Waals surface area contributed by atoms with E-state index in [-0.39, 0.29) is 11.7 Å². The summed E-state index contributed by atoms with van der Waals surface area (Å²) < 4.78 is 0. The molecule has 0 saturated heterocycles. The molecule has 0 bridgehead atoms. The number of nitrogens with two attached hydrogens (primary N) is 1.